The molecule has 0 saturated carbocycles. The molecule has 0 radical (unpaired) electrons. The van der Waals surface area contributed by atoms with Gasteiger partial charge < -0.3 is 4.90 Å². The maximum atomic E-state index is 2.49. The fourth-order valence-electron chi connectivity index (χ4n) is 10.2. The number of nitrogens with zero attached hydrogens (tertiary/aromatic N) is 1. The van der Waals surface area contributed by atoms with E-state index in [1.807, 2.05) is 0 Å². The smallest absolute Gasteiger partial charge is 0.0714 e. The Kier molecular flexibility index (Phi) is 8.98. The molecule has 0 fully saturated rings. The second kappa shape index (κ2) is 15.0. The lowest BCUT2D eigenvalue weighted by atomic mass is 9.67. The zero-order valence-electron chi connectivity index (χ0n) is 34.5. The Morgan fingerprint density at radius 3 is 1.62 bits per heavy atom. The van der Waals surface area contributed by atoms with E-state index < -0.39 is 5.41 Å². The lowest BCUT2D eigenvalue weighted by Gasteiger charge is -2.35. The van der Waals surface area contributed by atoms with Crippen molar-refractivity contribution in [2.24, 2.45) is 0 Å². The van der Waals surface area contributed by atoms with Crippen LogP contribution < -0.4 is 4.90 Å². The van der Waals surface area contributed by atoms with Crippen molar-refractivity contribution in [1.82, 2.24) is 0 Å². The van der Waals surface area contributed by atoms with Crippen LogP contribution in [0, 0.1) is 0 Å². The van der Waals surface area contributed by atoms with Crippen molar-refractivity contribution < 1.29 is 0 Å². The Bertz CT molecular complexity index is 3160. The molecule has 0 bridgehead atoms. The first-order valence-corrected chi connectivity index (χ1v) is 21.5. The van der Waals surface area contributed by atoms with Gasteiger partial charge in [0.05, 0.1) is 11.1 Å². The summed E-state index contributed by atoms with van der Waals surface area (Å²) in [4.78, 5) is 2.47. The van der Waals surface area contributed by atoms with Gasteiger partial charge in [-0.3, -0.25) is 0 Å². The van der Waals surface area contributed by atoms with Gasteiger partial charge in [0, 0.05) is 16.8 Å². The SMILES string of the molecule is CC(C)c1cccc2c1-c1ccc(N(c3ccc(-c4ccc5ccccc5c4-c4ccccc4)cc3)c3cccc4ccccc34)cc1C2(c1ccccc1)c1ccccc1. The lowest BCUT2D eigenvalue weighted by Crippen LogP contribution is -2.28. The van der Waals surface area contributed by atoms with Crippen LogP contribution in [0.2, 0.25) is 0 Å². The Morgan fingerprint density at radius 2 is 0.934 bits per heavy atom. The van der Waals surface area contributed by atoms with Crippen LogP contribution in [0.5, 0.6) is 0 Å². The lowest BCUT2D eigenvalue weighted by molar-refractivity contribution is 0.765. The summed E-state index contributed by atoms with van der Waals surface area (Å²) in [5, 5.41) is 4.92. The molecule has 0 unspecified atom stereocenters. The van der Waals surface area contributed by atoms with Gasteiger partial charge in [-0.05, 0) is 114 Å². The average molecular weight is 780 g/mol. The number of fused-ring (bicyclic) bond motifs is 5. The van der Waals surface area contributed by atoms with E-state index in [1.165, 1.54) is 82.7 Å². The Balaban J connectivity index is 1.15. The molecule has 1 heteroatoms. The third-order valence-electron chi connectivity index (χ3n) is 12.9. The monoisotopic (exact) mass is 779 g/mol. The minimum Gasteiger partial charge on any atom is -0.310 e. The highest BCUT2D eigenvalue weighted by Gasteiger charge is 2.47. The molecule has 11 rings (SSSR count). The number of hydrogen-bond donors (Lipinski definition) is 0. The van der Waals surface area contributed by atoms with Gasteiger partial charge in [0.2, 0.25) is 0 Å². The molecule has 0 aliphatic heterocycles. The first-order chi connectivity index (χ1) is 30.1. The quantitative estimate of drug-likeness (QED) is 0.148. The van der Waals surface area contributed by atoms with E-state index in [0.717, 1.165) is 17.1 Å². The summed E-state index contributed by atoms with van der Waals surface area (Å²) in [6.07, 6.45) is 0. The highest BCUT2D eigenvalue weighted by atomic mass is 15.1. The predicted octanol–water partition coefficient (Wildman–Crippen LogP) is 16.3. The third-order valence-corrected chi connectivity index (χ3v) is 12.9. The van der Waals surface area contributed by atoms with Crippen LogP contribution in [0.4, 0.5) is 17.1 Å². The maximum absolute atomic E-state index is 2.49. The predicted molar refractivity (Wildman–Crippen MR) is 258 cm³/mol. The van der Waals surface area contributed by atoms with Gasteiger partial charge in [-0.1, -0.05) is 214 Å². The molecule has 0 spiro atoms. The van der Waals surface area contributed by atoms with Crippen LogP contribution in [0.3, 0.4) is 0 Å². The van der Waals surface area contributed by atoms with Crippen molar-refractivity contribution in [1.29, 1.82) is 0 Å². The van der Waals surface area contributed by atoms with Crippen LogP contribution in [-0.2, 0) is 5.41 Å². The topological polar surface area (TPSA) is 3.24 Å². The van der Waals surface area contributed by atoms with Gasteiger partial charge in [-0.25, -0.2) is 0 Å². The van der Waals surface area contributed by atoms with Crippen molar-refractivity contribution in [2.45, 2.75) is 25.2 Å². The van der Waals surface area contributed by atoms with Gasteiger partial charge in [0.25, 0.3) is 0 Å². The molecule has 0 saturated heterocycles. The largest absolute Gasteiger partial charge is 0.310 e. The van der Waals surface area contributed by atoms with E-state index in [-0.39, 0.29) is 0 Å². The Hall–Kier alpha value is -7.48. The maximum Gasteiger partial charge on any atom is 0.0714 e. The molecule has 1 aliphatic rings. The van der Waals surface area contributed by atoms with Crippen LogP contribution in [0.1, 0.15) is 47.6 Å². The highest BCUT2D eigenvalue weighted by molar-refractivity contribution is 6.05. The second-order valence-corrected chi connectivity index (χ2v) is 16.6. The summed E-state index contributed by atoms with van der Waals surface area (Å²) in [6, 6.07) is 85.2. The molecule has 10 aromatic carbocycles. The molecular formula is C60H45N. The van der Waals surface area contributed by atoms with Crippen molar-refractivity contribution >= 4 is 38.6 Å². The van der Waals surface area contributed by atoms with E-state index in [1.54, 1.807) is 0 Å². The second-order valence-electron chi connectivity index (χ2n) is 16.6. The molecule has 10 aromatic rings. The zero-order valence-corrected chi connectivity index (χ0v) is 34.5. The first kappa shape index (κ1) is 36.6. The zero-order chi connectivity index (χ0) is 40.9. The summed E-state index contributed by atoms with van der Waals surface area (Å²) in [6.45, 7) is 4.64. The first-order valence-electron chi connectivity index (χ1n) is 21.5. The Morgan fingerprint density at radius 1 is 0.377 bits per heavy atom. The fourth-order valence-corrected chi connectivity index (χ4v) is 10.2. The number of hydrogen-bond acceptors (Lipinski definition) is 1. The highest BCUT2D eigenvalue weighted by Crippen LogP contribution is 2.59. The summed E-state index contributed by atoms with van der Waals surface area (Å²) in [5.74, 6) is 0.362. The van der Waals surface area contributed by atoms with Crippen LogP contribution in [0.25, 0.3) is 54.9 Å². The number of anilines is 3. The van der Waals surface area contributed by atoms with Crippen molar-refractivity contribution in [3.63, 3.8) is 0 Å². The van der Waals surface area contributed by atoms with Crippen molar-refractivity contribution in [3.8, 4) is 33.4 Å². The van der Waals surface area contributed by atoms with Gasteiger partial charge in [0.1, 0.15) is 0 Å². The van der Waals surface area contributed by atoms with E-state index in [4.69, 9.17) is 0 Å². The van der Waals surface area contributed by atoms with Gasteiger partial charge in [-0.2, -0.15) is 0 Å². The van der Waals surface area contributed by atoms with E-state index in [2.05, 4.69) is 249 Å². The normalized spacial score (nSPS) is 12.7. The standard InChI is InChI=1S/C60H45N/c1-41(2)50-29-17-30-55-59(50)54-39-37-49(40-56(54)60(55,46-23-8-4-9-24-46)47-25-10-5-11-26-47)61(57-31-16-22-42-18-12-14-27-51(42)57)48-35-32-44(33-36-48)53-38-34-43-19-13-15-28-52(43)58(53)45-20-6-3-7-21-45/h3-41H,1-2H3. The molecule has 290 valence electrons. The third kappa shape index (κ3) is 5.92. The molecular weight excluding hydrogens is 735 g/mol. The molecule has 0 N–H and O–H groups in total. The minimum atomic E-state index is -0.522. The summed E-state index contributed by atoms with van der Waals surface area (Å²) in [5.41, 5.74) is 16.9. The van der Waals surface area contributed by atoms with Gasteiger partial charge in [-0.15, -0.1) is 0 Å². The van der Waals surface area contributed by atoms with Crippen molar-refractivity contribution in [2.75, 3.05) is 4.90 Å². The van der Waals surface area contributed by atoms with Crippen LogP contribution in [-0.4, -0.2) is 0 Å². The molecule has 0 amide bonds. The van der Waals surface area contributed by atoms with Crippen LogP contribution >= 0.6 is 0 Å². The Labute approximate surface area is 358 Å². The van der Waals surface area contributed by atoms with E-state index in [0.29, 0.717) is 5.92 Å². The molecule has 1 aliphatic carbocycles. The van der Waals surface area contributed by atoms with Crippen molar-refractivity contribution in [3.05, 3.63) is 258 Å². The average Bonchev–Trinajstić information content (AvgIpc) is 3.63. The molecule has 0 atom stereocenters. The molecule has 1 nitrogen and oxygen atoms in total. The molecule has 61 heavy (non-hydrogen) atoms. The summed E-state index contributed by atoms with van der Waals surface area (Å²) in [7, 11) is 0. The van der Waals surface area contributed by atoms with E-state index in [9.17, 15) is 0 Å². The van der Waals surface area contributed by atoms with Gasteiger partial charge >= 0.3 is 0 Å². The molecule has 0 aromatic heterocycles. The fraction of sp³-hybridized carbons (Fsp3) is 0.0667. The summed E-state index contributed by atoms with van der Waals surface area (Å²) >= 11 is 0. The molecule has 0 heterocycles. The number of rotatable bonds is 8. The summed E-state index contributed by atoms with van der Waals surface area (Å²) < 4.78 is 0. The van der Waals surface area contributed by atoms with Gasteiger partial charge in [0.15, 0.2) is 0 Å². The van der Waals surface area contributed by atoms with Crippen LogP contribution in [0.15, 0.2) is 231 Å². The van der Waals surface area contributed by atoms with E-state index >= 15 is 0 Å². The number of benzene rings is 10. The minimum absolute atomic E-state index is 0.362.